The molecule has 0 atom stereocenters. The molecule has 3 heteroatoms. The molecule has 0 aliphatic rings. The molecule has 0 aromatic carbocycles. The Morgan fingerprint density at radius 3 is 2.17 bits per heavy atom. The fraction of sp³-hybridized carbons (Fsp3) is 0.933. The molecule has 0 bridgehead atoms. The molecule has 0 saturated carbocycles. The molecule has 18 heavy (non-hydrogen) atoms. The monoisotopic (exact) mass is 258 g/mol. The van der Waals surface area contributed by atoms with Crippen molar-refractivity contribution in [3.8, 4) is 0 Å². The average molecular weight is 258 g/mol. The third-order valence-electron chi connectivity index (χ3n) is 2.86. The van der Waals surface area contributed by atoms with E-state index >= 15 is 0 Å². The number of Topliss-reactive ketones (excluding diaryl/α,β-unsaturated/α-hetero) is 1. The van der Waals surface area contributed by atoms with Crippen LogP contribution in [0.5, 0.6) is 0 Å². The molecule has 0 unspecified atom stereocenters. The van der Waals surface area contributed by atoms with Gasteiger partial charge in [-0.15, -0.1) is 0 Å². The van der Waals surface area contributed by atoms with Crippen LogP contribution in [-0.2, 0) is 9.53 Å². The maximum absolute atomic E-state index is 11.4. The van der Waals surface area contributed by atoms with Gasteiger partial charge in [0.15, 0.2) is 5.79 Å². The lowest BCUT2D eigenvalue weighted by atomic mass is 10.1. The number of ether oxygens (including phenoxy) is 1. The maximum atomic E-state index is 11.4. The Balaban J connectivity index is 3.19. The SMILES string of the molecule is CCCCC(=O)CCCCCCCOC(C)(C)O. The Kier molecular flexibility index (Phi) is 10.3. The first-order chi connectivity index (χ1) is 8.45. The number of aliphatic hydroxyl groups is 1. The van der Waals surface area contributed by atoms with E-state index in [9.17, 15) is 9.90 Å². The van der Waals surface area contributed by atoms with E-state index in [-0.39, 0.29) is 0 Å². The highest BCUT2D eigenvalue weighted by atomic mass is 16.6. The number of hydrogen-bond acceptors (Lipinski definition) is 3. The van der Waals surface area contributed by atoms with Crippen molar-refractivity contribution in [3.05, 3.63) is 0 Å². The summed E-state index contributed by atoms with van der Waals surface area (Å²) in [4.78, 5) is 11.4. The zero-order valence-corrected chi connectivity index (χ0v) is 12.3. The van der Waals surface area contributed by atoms with Gasteiger partial charge < -0.3 is 9.84 Å². The summed E-state index contributed by atoms with van der Waals surface area (Å²) in [7, 11) is 0. The van der Waals surface area contributed by atoms with E-state index in [0.29, 0.717) is 12.4 Å². The lowest BCUT2D eigenvalue weighted by Crippen LogP contribution is -2.23. The average Bonchev–Trinajstić information content (AvgIpc) is 2.28. The zero-order valence-electron chi connectivity index (χ0n) is 12.3. The van der Waals surface area contributed by atoms with Crippen LogP contribution in [0.2, 0.25) is 0 Å². The summed E-state index contributed by atoms with van der Waals surface area (Å²) in [5.41, 5.74) is 0. The van der Waals surface area contributed by atoms with Gasteiger partial charge in [0.1, 0.15) is 5.78 Å². The minimum atomic E-state index is -1.01. The second kappa shape index (κ2) is 10.5. The van der Waals surface area contributed by atoms with Gasteiger partial charge in [0, 0.05) is 19.4 Å². The molecule has 3 nitrogen and oxygen atoms in total. The predicted octanol–water partition coefficient (Wildman–Crippen LogP) is 3.83. The molecule has 0 fully saturated rings. The van der Waals surface area contributed by atoms with Gasteiger partial charge in [-0.25, -0.2) is 0 Å². The molecule has 0 saturated heterocycles. The smallest absolute Gasteiger partial charge is 0.159 e. The number of carbonyl (C=O) groups is 1. The van der Waals surface area contributed by atoms with Crippen LogP contribution in [0.4, 0.5) is 0 Å². The Morgan fingerprint density at radius 2 is 1.56 bits per heavy atom. The summed E-state index contributed by atoms with van der Waals surface area (Å²) in [5, 5.41) is 9.33. The van der Waals surface area contributed by atoms with Gasteiger partial charge in [-0.05, 0) is 33.1 Å². The van der Waals surface area contributed by atoms with Crippen LogP contribution >= 0.6 is 0 Å². The Hall–Kier alpha value is -0.410. The number of hydrogen-bond donors (Lipinski definition) is 1. The number of unbranched alkanes of at least 4 members (excludes halogenated alkanes) is 5. The van der Waals surface area contributed by atoms with Crippen LogP contribution < -0.4 is 0 Å². The van der Waals surface area contributed by atoms with E-state index in [1.54, 1.807) is 13.8 Å². The summed E-state index contributed by atoms with van der Waals surface area (Å²) in [6.07, 6.45) is 9.04. The van der Waals surface area contributed by atoms with Crippen LogP contribution in [0.1, 0.15) is 78.6 Å². The van der Waals surface area contributed by atoms with Crippen molar-refractivity contribution in [2.75, 3.05) is 6.61 Å². The third kappa shape index (κ3) is 13.7. The highest BCUT2D eigenvalue weighted by Gasteiger charge is 2.10. The van der Waals surface area contributed by atoms with E-state index in [1.807, 2.05) is 0 Å². The van der Waals surface area contributed by atoms with E-state index in [1.165, 1.54) is 0 Å². The maximum Gasteiger partial charge on any atom is 0.159 e. The highest BCUT2D eigenvalue weighted by Crippen LogP contribution is 2.10. The molecule has 0 aliphatic heterocycles. The summed E-state index contributed by atoms with van der Waals surface area (Å²) >= 11 is 0. The first kappa shape index (κ1) is 17.6. The number of ketones is 1. The highest BCUT2D eigenvalue weighted by molar-refractivity contribution is 5.78. The lowest BCUT2D eigenvalue weighted by Gasteiger charge is -2.17. The normalized spacial score (nSPS) is 11.8. The second-order valence-corrected chi connectivity index (χ2v) is 5.46. The Morgan fingerprint density at radius 1 is 1.00 bits per heavy atom. The van der Waals surface area contributed by atoms with Gasteiger partial charge in [0.05, 0.1) is 0 Å². The van der Waals surface area contributed by atoms with E-state index in [4.69, 9.17) is 4.74 Å². The molecule has 0 aromatic heterocycles. The number of rotatable bonds is 12. The van der Waals surface area contributed by atoms with Crippen molar-refractivity contribution in [1.82, 2.24) is 0 Å². The van der Waals surface area contributed by atoms with Crippen molar-refractivity contribution in [2.24, 2.45) is 0 Å². The summed E-state index contributed by atoms with van der Waals surface area (Å²) in [5.74, 6) is -0.590. The quantitative estimate of drug-likeness (QED) is 0.427. The second-order valence-electron chi connectivity index (χ2n) is 5.46. The van der Waals surface area contributed by atoms with Crippen LogP contribution in [0.3, 0.4) is 0 Å². The van der Waals surface area contributed by atoms with Crippen molar-refractivity contribution >= 4 is 5.78 Å². The fourth-order valence-corrected chi connectivity index (χ4v) is 1.78. The molecule has 0 radical (unpaired) electrons. The van der Waals surface area contributed by atoms with E-state index in [0.717, 1.165) is 57.8 Å². The van der Waals surface area contributed by atoms with Crippen LogP contribution in [0.25, 0.3) is 0 Å². The molecule has 0 heterocycles. The Labute approximate surface area is 112 Å². The predicted molar refractivity (Wildman–Crippen MR) is 74.5 cm³/mol. The van der Waals surface area contributed by atoms with Crippen molar-refractivity contribution in [3.63, 3.8) is 0 Å². The number of carbonyl (C=O) groups excluding carboxylic acids is 1. The summed E-state index contributed by atoms with van der Waals surface area (Å²) in [6.45, 7) is 6.02. The van der Waals surface area contributed by atoms with Gasteiger partial charge in [-0.1, -0.05) is 32.6 Å². The summed E-state index contributed by atoms with van der Waals surface area (Å²) < 4.78 is 5.22. The van der Waals surface area contributed by atoms with Gasteiger partial charge >= 0.3 is 0 Å². The van der Waals surface area contributed by atoms with Gasteiger partial charge in [-0.3, -0.25) is 4.79 Å². The van der Waals surface area contributed by atoms with Crippen molar-refractivity contribution in [1.29, 1.82) is 0 Å². The topological polar surface area (TPSA) is 46.5 Å². The van der Waals surface area contributed by atoms with Gasteiger partial charge in [0.25, 0.3) is 0 Å². The third-order valence-corrected chi connectivity index (χ3v) is 2.86. The first-order valence-corrected chi connectivity index (χ1v) is 7.33. The molecular weight excluding hydrogens is 228 g/mol. The molecule has 108 valence electrons. The van der Waals surface area contributed by atoms with Crippen molar-refractivity contribution < 1.29 is 14.6 Å². The largest absolute Gasteiger partial charge is 0.366 e. The molecule has 0 aliphatic carbocycles. The van der Waals surface area contributed by atoms with Crippen LogP contribution in [0, 0.1) is 0 Å². The Bertz CT molecular complexity index is 206. The van der Waals surface area contributed by atoms with Crippen molar-refractivity contribution in [2.45, 2.75) is 84.3 Å². The first-order valence-electron chi connectivity index (χ1n) is 7.33. The standard InChI is InChI=1S/C15H30O3/c1-4-5-11-14(16)12-9-7-6-8-10-13-18-15(2,3)17/h17H,4-13H2,1-3H3. The molecule has 0 aromatic rings. The molecule has 0 amide bonds. The fourth-order valence-electron chi connectivity index (χ4n) is 1.78. The van der Waals surface area contributed by atoms with Crippen LogP contribution in [-0.4, -0.2) is 23.3 Å². The summed E-state index contributed by atoms with van der Waals surface area (Å²) in [6, 6.07) is 0. The van der Waals surface area contributed by atoms with Gasteiger partial charge in [0.2, 0.25) is 0 Å². The zero-order chi connectivity index (χ0) is 13.9. The van der Waals surface area contributed by atoms with Gasteiger partial charge in [-0.2, -0.15) is 0 Å². The van der Waals surface area contributed by atoms with E-state index in [2.05, 4.69) is 6.92 Å². The molecule has 1 N–H and O–H groups in total. The minimum absolute atomic E-state index is 0.419. The molecule has 0 spiro atoms. The molecule has 0 rings (SSSR count). The minimum Gasteiger partial charge on any atom is -0.366 e. The van der Waals surface area contributed by atoms with Crippen LogP contribution in [0.15, 0.2) is 0 Å². The molecular formula is C15H30O3. The van der Waals surface area contributed by atoms with E-state index < -0.39 is 5.79 Å². The lowest BCUT2D eigenvalue weighted by molar-refractivity contribution is -0.176.